The van der Waals surface area contributed by atoms with Crippen LogP contribution in [0, 0.1) is 5.82 Å². The van der Waals surface area contributed by atoms with Crippen LogP contribution in [0.2, 0.25) is 0 Å². The Labute approximate surface area is 207 Å². The summed E-state index contributed by atoms with van der Waals surface area (Å²) in [5.41, 5.74) is 3.05. The lowest BCUT2D eigenvalue weighted by Crippen LogP contribution is -2.31. The molecule has 1 aliphatic heterocycles. The lowest BCUT2D eigenvalue weighted by atomic mass is 10.0. The first kappa shape index (κ1) is 25.2. The van der Waals surface area contributed by atoms with E-state index in [-0.39, 0.29) is 19.1 Å². The number of nitrogens with zero attached hydrogens (tertiary/aromatic N) is 3. The minimum Gasteiger partial charge on any atom is -0.444 e. The molecule has 0 radical (unpaired) electrons. The Morgan fingerprint density at radius 2 is 2.08 bits per heavy atom. The predicted molar refractivity (Wildman–Crippen MR) is 129 cm³/mol. The van der Waals surface area contributed by atoms with Crippen LogP contribution in [0.1, 0.15) is 37.1 Å². The molecule has 9 nitrogen and oxygen atoms in total. The zero-order chi connectivity index (χ0) is 25.5. The summed E-state index contributed by atoms with van der Waals surface area (Å²) in [5.74, 6) is -0.709. The fraction of sp³-hybridized carbons (Fsp3) is 0.360. The molecule has 2 atom stereocenters. The number of carbonyl (C=O) groups is 2. The van der Waals surface area contributed by atoms with E-state index < -0.39 is 24.1 Å². The molecule has 3 N–H and O–H groups in total. The van der Waals surface area contributed by atoms with Gasteiger partial charge in [-0.2, -0.15) is 15.4 Å². The first-order valence-corrected chi connectivity index (χ1v) is 11.7. The Kier molecular flexibility index (Phi) is 8.21. The monoisotopic (exact) mass is 498 g/mol. The number of anilines is 1. The highest BCUT2D eigenvalue weighted by atomic mass is 19.1. The number of H-pyrrole nitrogens is 1. The van der Waals surface area contributed by atoms with E-state index in [9.17, 15) is 14.0 Å². The quantitative estimate of drug-likeness (QED) is 0.348. The van der Waals surface area contributed by atoms with Gasteiger partial charge in [0.15, 0.2) is 0 Å². The largest absolute Gasteiger partial charge is 0.444 e. The van der Waals surface area contributed by atoms with E-state index in [1.165, 1.54) is 24.1 Å². The second-order valence-corrected chi connectivity index (χ2v) is 8.58. The number of halogens is 2. The smallest absolute Gasteiger partial charge is 0.414 e. The highest BCUT2D eigenvalue weighted by Crippen LogP contribution is 2.31. The molecule has 1 saturated heterocycles. The molecule has 11 heteroatoms. The van der Waals surface area contributed by atoms with E-state index in [1.807, 2.05) is 24.3 Å². The maximum absolute atomic E-state index is 15.0. The Hall–Kier alpha value is -3.86. The molecular formula is C25H28F2N6O3. The molecule has 0 spiro atoms. The van der Waals surface area contributed by atoms with Crippen LogP contribution in [0.15, 0.2) is 48.7 Å². The summed E-state index contributed by atoms with van der Waals surface area (Å²) in [5, 5.41) is 16.2. The third-order valence-corrected chi connectivity index (χ3v) is 5.89. The van der Waals surface area contributed by atoms with Crippen molar-refractivity contribution in [1.82, 2.24) is 26.0 Å². The summed E-state index contributed by atoms with van der Waals surface area (Å²) in [6.07, 6.45) is 1.15. The van der Waals surface area contributed by atoms with Crippen molar-refractivity contribution in [2.45, 2.75) is 38.5 Å². The maximum atomic E-state index is 15.0. The van der Waals surface area contributed by atoms with Gasteiger partial charge in [0.1, 0.15) is 17.6 Å². The molecule has 190 valence electrons. The minimum atomic E-state index is -0.585. The molecule has 1 fully saturated rings. The van der Waals surface area contributed by atoms with Gasteiger partial charge in [0.25, 0.3) is 0 Å². The van der Waals surface area contributed by atoms with Crippen molar-refractivity contribution in [2.75, 3.05) is 24.7 Å². The third kappa shape index (κ3) is 6.22. The zero-order valence-electron chi connectivity index (χ0n) is 19.8. The Morgan fingerprint density at radius 3 is 2.75 bits per heavy atom. The molecule has 0 aliphatic carbocycles. The van der Waals surface area contributed by atoms with E-state index in [0.717, 1.165) is 5.56 Å². The van der Waals surface area contributed by atoms with Crippen LogP contribution < -0.4 is 15.5 Å². The highest BCUT2D eigenvalue weighted by molar-refractivity contribution is 5.90. The molecular weight excluding hydrogens is 470 g/mol. The number of amides is 2. The molecule has 0 saturated carbocycles. The fourth-order valence-electron chi connectivity index (χ4n) is 4.13. The van der Waals surface area contributed by atoms with E-state index in [1.54, 1.807) is 12.1 Å². The predicted octanol–water partition coefficient (Wildman–Crippen LogP) is 3.65. The highest BCUT2D eigenvalue weighted by Gasteiger charge is 2.35. The van der Waals surface area contributed by atoms with E-state index in [2.05, 4.69) is 26.0 Å². The first-order chi connectivity index (χ1) is 17.4. The van der Waals surface area contributed by atoms with Gasteiger partial charge in [-0.3, -0.25) is 14.1 Å². The van der Waals surface area contributed by atoms with Gasteiger partial charge in [-0.15, -0.1) is 0 Å². The van der Waals surface area contributed by atoms with Crippen LogP contribution in [0.25, 0.3) is 11.1 Å². The van der Waals surface area contributed by atoms with Gasteiger partial charge in [-0.25, -0.2) is 9.18 Å². The molecule has 2 amide bonds. The number of alkyl halides is 1. The normalized spacial score (nSPS) is 16.1. The van der Waals surface area contributed by atoms with Gasteiger partial charge >= 0.3 is 6.09 Å². The van der Waals surface area contributed by atoms with Crippen LogP contribution in [0.4, 0.5) is 19.3 Å². The molecule has 2 heterocycles. The number of ether oxygens (including phenoxy) is 1. The van der Waals surface area contributed by atoms with Crippen molar-refractivity contribution in [3.8, 4) is 11.1 Å². The lowest BCUT2D eigenvalue weighted by molar-refractivity contribution is -0.119. The summed E-state index contributed by atoms with van der Waals surface area (Å²) >= 11 is 0. The fourth-order valence-corrected chi connectivity index (χ4v) is 4.13. The zero-order valence-corrected chi connectivity index (χ0v) is 19.8. The number of nitrogens with one attached hydrogen (secondary N) is 3. The number of hydrogen-bond acceptors (Lipinski definition) is 6. The van der Waals surface area contributed by atoms with Crippen molar-refractivity contribution < 1.29 is 23.1 Å². The number of aromatic nitrogens is 3. The third-order valence-electron chi connectivity index (χ3n) is 5.89. The second kappa shape index (κ2) is 11.7. The van der Waals surface area contributed by atoms with E-state index in [0.29, 0.717) is 48.4 Å². The van der Waals surface area contributed by atoms with Crippen LogP contribution in [-0.4, -0.2) is 53.3 Å². The topological polar surface area (TPSA) is 112 Å². The van der Waals surface area contributed by atoms with Crippen molar-refractivity contribution in [3.05, 3.63) is 65.7 Å². The molecule has 1 unspecified atom stereocenters. The van der Waals surface area contributed by atoms with E-state index in [4.69, 9.17) is 4.74 Å². The van der Waals surface area contributed by atoms with Crippen LogP contribution in [0.3, 0.4) is 0 Å². The number of aromatic amines is 1. The number of rotatable bonds is 11. The average Bonchev–Trinajstić information content (AvgIpc) is 3.52. The summed E-state index contributed by atoms with van der Waals surface area (Å²) < 4.78 is 32.7. The van der Waals surface area contributed by atoms with Gasteiger partial charge in [-0.05, 0) is 42.3 Å². The molecule has 36 heavy (non-hydrogen) atoms. The first-order valence-electron chi connectivity index (χ1n) is 11.7. The number of benzene rings is 2. The summed E-state index contributed by atoms with van der Waals surface area (Å²) in [6, 6.07) is 11.6. The number of cyclic esters (lactones) is 1. The van der Waals surface area contributed by atoms with E-state index >= 15 is 4.39 Å². The molecule has 4 rings (SSSR count). The molecule has 3 aromatic rings. The molecule has 2 aromatic carbocycles. The Morgan fingerprint density at radius 1 is 1.28 bits per heavy atom. The van der Waals surface area contributed by atoms with Crippen LogP contribution >= 0.6 is 0 Å². The Bertz CT molecular complexity index is 1170. The molecule has 1 aromatic heterocycles. The molecule has 1 aliphatic rings. The number of hydrogen-bond donors (Lipinski definition) is 3. The summed E-state index contributed by atoms with van der Waals surface area (Å²) in [4.78, 5) is 25.5. The summed E-state index contributed by atoms with van der Waals surface area (Å²) in [6.45, 7) is 2.46. The number of carbonyl (C=O) groups excluding carboxylic acids is 2. The van der Waals surface area contributed by atoms with Gasteiger partial charge in [0, 0.05) is 25.5 Å². The van der Waals surface area contributed by atoms with Crippen molar-refractivity contribution >= 4 is 17.7 Å². The molecule has 0 bridgehead atoms. The minimum absolute atomic E-state index is 0.204. The van der Waals surface area contributed by atoms with Gasteiger partial charge < -0.3 is 15.4 Å². The standard InChI is InChI=1S/C25H28F2N6O3/c1-16(34)30-23(24-14-29-32-31-24)12-20-15-33(25(35)36-20)19-7-8-21(22(27)11-19)18-5-3-17(4-6-18)13-28-10-2-9-26/h3-8,11,14,20,23,28H,2,9-10,12-13,15H2,1H3,(H,30,34)(H,29,31,32)/t20-,23?/m1/s1. The second-order valence-electron chi connectivity index (χ2n) is 8.58. The van der Waals surface area contributed by atoms with Crippen molar-refractivity contribution in [2.24, 2.45) is 0 Å². The Balaban J connectivity index is 1.41. The van der Waals surface area contributed by atoms with Crippen molar-refractivity contribution in [1.29, 1.82) is 0 Å². The SMILES string of the molecule is CC(=O)NC(C[C@@H]1CN(c2ccc(-c3ccc(CNCCCF)cc3)c(F)c2)C(=O)O1)c1cn[nH]n1. The average molecular weight is 499 g/mol. The maximum Gasteiger partial charge on any atom is 0.414 e. The lowest BCUT2D eigenvalue weighted by Gasteiger charge is -2.18. The van der Waals surface area contributed by atoms with Gasteiger partial charge in [0.2, 0.25) is 5.91 Å². The van der Waals surface area contributed by atoms with Gasteiger partial charge in [-0.1, -0.05) is 24.3 Å². The summed E-state index contributed by atoms with van der Waals surface area (Å²) in [7, 11) is 0. The van der Waals surface area contributed by atoms with Crippen LogP contribution in [0.5, 0.6) is 0 Å². The van der Waals surface area contributed by atoms with Crippen molar-refractivity contribution in [3.63, 3.8) is 0 Å². The van der Waals surface area contributed by atoms with Gasteiger partial charge in [0.05, 0.1) is 31.1 Å². The van der Waals surface area contributed by atoms with Crippen LogP contribution in [-0.2, 0) is 16.1 Å².